The number of carbonyl (C=O) groups excluding carboxylic acids is 1. The fourth-order valence-electron chi connectivity index (χ4n) is 1.48. The second kappa shape index (κ2) is 6.45. The number of hydrogen-bond donors (Lipinski definition) is 2. The molecule has 100 valence electrons. The molecule has 0 aliphatic carbocycles. The maximum Gasteiger partial charge on any atom is 0.275 e. The minimum absolute atomic E-state index is 0.176. The van der Waals surface area contributed by atoms with E-state index in [2.05, 4.69) is 27.1 Å². The molecule has 0 saturated carbocycles. The van der Waals surface area contributed by atoms with Crippen molar-refractivity contribution < 1.29 is 9.90 Å². The zero-order valence-electron chi connectivity index (χ0n) is 10.9. The molecule has 0 fully saturated rings. The number of aromatic nitrogens is 2. The number of anilines is 1. The van der Waals surface area contributed by atoms with E-state index in [0.717, 1.165) is 11.3 Å². The maximum atomic E-state index is 11.9. The Morgan fingerprint density at radius 2 is 2.00 bits per heavy atom. The molecule has 5 heteroatoms. The minimum atomic E-state index is -0.313. The number of rotatable bonds is 2. The maximum absolute atomic E-state index is 11.9. The van der Waals surface area contributed by atoms with Gasteiger partial charge in [0, 0.05) is 17.4 Å². The quantitative estimate of drug-likeness (QED) is 0.806. The third kappa shape index (κ3) is 3.64. The van der Waals surface area contributed by atoms with Gasteiger partial charge in [-0.2, -0.15) is 0 Å². The van der Waals surface area contributed by atoms with Crippen molar-refractivity contribution in [2.75, 3.05) is 11.9 Å². The molecular weight excluding hydrogens is 254 g/mol. The molecule has 0 aliphatic heterocycles. The standard InChI is InChI=1S/C15H13N3O2/c1-11-9-17-14(10-16-11)15(20)18-13-6-4-12(5-7-13)3-2-8-19/h4-7,9-10,19H,8H2,1H3,(H,18,20). The molecule has 0 saturated heterocycles. The summed E-state index contributed by atoms with van der Waals surface area (Å²) in [5.41, 5.74) is 2.44. The predicted octanol–water partition coefficient (Wildman–Crippen LogP) is 1.38. The van der Waals surface area contributed by atoms with Gasteiger partial charge >= 0.3 is 0 Å². The Balaban J connectivity index is 2.06. The third-order valence-electron chi connectivity index (χ3n) is 2.47. The number of carbonyl (C=O) groups is 1. The second-order valence-corrected chi connectivity index (χ2v) is 4.03. The molecule has 1 amide bonds. The molecule has 1 heterocycles. The molecule has 0 unspecified atom stereocenters. The van der Waals surface area contributed by atoms with Gasteiger partial charge in [0.1, 0.15) is 12.3 Å². The van der Waals surface area contributed by atoms with Crippen LogP contribution in [-0.2, 0) is 0 Å². The molecule has 0 atom stereocenters. The lowest BCUT2D eigenvalue weighted by Gasteiger charge is -2.04. The van der Waals surface area contributed by atoms with Crippen molar-refractivity contribution in [3.05, 3.63) is 53.6 Å². The number of amides is 1. The van der Waals surface area contributed by atoms with Gasteiger partial charge in [-0.05, 0) is 31.2 Å². The van der Waals surface area contributed by atoms with Crippen LogP contribution in [0.1, 0.15) is 21.7 Å². The molecule has 0 bridgehead atoms. The van der Waals surface area contributed by atoms with Crippen LogP contribution in [-0.4, -0.2) is 27.6 Å². The monoisotopic (exact) mass is 267 g/mol. The molecule has 2 aromatic rings. The average molecular weight is 267 g/mol. The lowest BCUT2D eigenvalue weighted by atomic mass is 10.2. The molecule has 1 aromatic heterocycles. The summed E-state index contributed by atoms with van der Waals surface area (Å²) in [6.45, 7) is 1.63. The summed E-state index contributed by atoms with van der Waals surface area (Å²) in [5.74, 6) is 5.02. The van der Waals surface area contributed by atoms with Crippen LogP contribution in [0.15, 0.2) is 36.7 Å². The SMILES string of the molecule is Cc1cnc(C(=O)Nc2ccc(C#CCO)cc2)cn1. The Morgan fingerprint density at radius 1 is 1.25 bits per heavy atom. The number of aryl methyl sites for hydroxylation is 1. The van der Waals surface area contributed by atoms with Crippen molar-refractivity contribution >= 4 is 11.6 Å². The Kier molecular flexibility index (Phi) is 4.43. The van der Waals surface area contributed by atoms with Crippen LogP contribution < -0.4 is 5.32 Å². The normalized spacial score (nSPS) is 9.50. The lowest BCUT2D eigenvalue weighted by molar-refractivity contribution is 0.102. The van der Waals surface area contributed by atoms with Crippen LogP contribution in [0, 0.1) is 18.8 Å². The largest absolute Gasteiger partial charge is 0.384 e. The first-order valence-corrected chi connectivity index (χ1v) is 5.99. The van der Waals surface area contributed by atoms with Crippen LogP contribution in [0.25, 0.3) is 0 Å². The molecular formula is C15H13N3O2. The smallest absolute Gasteiger partial charge is 0.275 e. The van der Waals surface area contributed by atoms with E-state index in [9.17, 15) is 4.79 Å². The summed E-state index contributed by atoms with van der Waals surface area (Å²) in [5, 5.41) is 11.3. The van der Waals surface area contributed by atoms with Gasteiger partial charge in [0.25, 0.3) is 5.91 Å². The first-order chi connectivity index (χ1) is 9.69. The van der Waals surface area contributed by atoms with Crippen LogP contribution in [0.2, 0.25) is 0 Å². The van der Waals surface area contributed by atoms with E-state index in [-0.39, 0.29) is 18.2 Å². The molecule has 5 nitrogen and oxygen atoms in total. The number of nitrogens with zero attached hydrogens (tertiary/aromatic N) is 2. The highest BCUT2D eigenvalue weighted by atomic mass is 16.2. The minimum Gasteiger partial charge on any atom is -0.384 e. The van der Waals surface area contributed by atoms with Gasteiger partial charge in [0.05, 0.1) is 11.9 Å². The van der Waals surface area contributed by atoms with E-state index in [4.69, 9.17) is 5.11 Å². The highest BCUT2D eigenvalue weighted by Gasteiger charge is 2.07. The van der Waals surface area contributed by atoms with Crippen LogP contribution in [0.3, 0.4) is 0 Å². The highest BCUT2D eigenvalue weighted by molar-refractivity contribution is 6.02. The number of aliphatic hydroxyl groups excluding tert-OH is 1. The molecule has 0 radical (unpaired) electrons. The summed E-state index contributed by atoms with van der Waals surface area (Å²) in [7, 11) is 0. The van der Waals surface area contributed by atoms with Gasteiger partial charge in [0.15, 0.2) is 0 Å². The summed E-state index contributed by atoms with van der Waals surface area (Å²) >= 11 is 0. The van der Waals surface area contributed by atoms with Gasteiger partial charge < -0.3 is 10.4 Å². The average Bonchev–Trinajstić information content (AvgIpc) is 2.47. The van der Waals surface area contributed by atoms with Crippen LogP contribution in [0.4, 0.5) is 5.69 Å². The fraction of sp³-hybridized carbons (Fsp3) is 0.133. The fourth-order valence-corrected chi connectivity index (χ4v) is 1.48. The topological polar surface area (TPSA) is 75.1 Å². The molecule has 0 aliphatic rings. The molecule has 20 heavy (non-hydrogen) atoms. The Labute approximate surface area is 116 Å². The van der Waals surface area contributed by atoms with Crippen molar-refractivity contribution in [2.24, 2.45) is 0 Å². The number of benzene rings is 1. The van der Waals surface area contributed by atoms with Crippen LogP contribution >= 0.6 is 0 Å². The first kappa shape index (κ1) is 13.7. The van der Waals surface area contributed by atoms with E-state index >= 15 is 0 Å². The Hall–Kier alpha value is -2.71. The summed E-state index contributed by atoms with van der Waals surface area (Å²) in [6.07, 6.45) is 2.98. The molecule has 1 aromatic carbocycles. The van der Waals surface area contributed by atoms with Gasteiger partial charge in [-0.3, -0.25) is 9.78 Å². The second-order valence-electron chi connectivity index (χ2n) is 4.03. The number of hydrogen-bond acceptors (Lipinski definition) is 4. The van der Waals surface area contributed by atoms with E-state index in [1.165, 1.54) is 6.20 Å². The zero-order chi connectivity index (χ0) is 14.4. The lowest BCUT2D eigenvalue weighted by Crippen LogP contribution is -2.14. The first-order valence-electron chi connectivity index (χ1n) is 5.99. The third-order valence-corrected chi connectivity index (χ3v) is 2.47. The zero-order valence-corrected chi connectivity index (χ0v) is 10.9. The summed E-state index contributed by atoms with van der Waals surface area (Å²) in [6, 6.07) is 7.00. The van der Waals surface area contributed by atoms with Crippen molar-refractivity contribution in [1.82, 2.24) is 9.97 Å². The highest BCUT2D eigenvalue weighted by Crippen LogP contribution is 2.10. The number of aliphatic hydroxyl groups is 1. The Morgan fingerprint density at radius 3 is 2.60 bits per heavy atom. The Bertz CT molecular complexity index is 652. The van der Waals surface area contributed by atoms with Crippen LogP contribution in [0.5, 0.6) is 0 Å². The van der Waals surface area contributed by atoms with Gasteiger partial charge in [-0.1, -0.05) is 11.8 Å². The van der Waals surface area contributed by atoms with E-state index in [1.54, 1.807) is 37.4 Å². The van der Waals surface area contributed by atoms with E-state index in [0.29, 0.717) is 5.69 Å². The van der Waals surface area contributed by atoms with Crippen molar-refractivity contribution in [3.8, 4) is 11.8 Å². The summed E-state index contributed by atoms with van der Waals surface area (Å²) in [4.78, 5) is 19.9. The predicted molar refractivity (Wildman–Crippen MR) is 75.1 cm³/mol. The molecule has 2 rings (SSSR count). The van der Waals surface area contributed by atoms with E-state index < -0.39 is 0 Å². The van der Waals surface area contributed by atoms with Crippen molar-refractivity contribution in [1.29, 1.82) is 0 Å². The van der Waals surface area contributed by atoms with Crippen molar-refractivity contribution in [2.45, 2.75) is 6.92 Å². The van der Waals surface area contributed by atoms with Gasteiger partial charge in [0.2, 0.25) is 0 Å². The molecule has 2 N–H and O–H groups in total. The summed E-state index contributed by atoms with van der Waals surface area (Å²) < 4.78 is 0. The van der Waals surface area contributed by atoms with Gasteiger partial charge in [-0.25, -0.2) is 4.98 Å². The van der Waals surface area contributed by atoms with Gasteiger partial charge in [-0.15, -0.1) is 0 Å². The number of nitrogens with one attached hydrogen (secondary N) is 1. The molecule has 0 spiro atoms. The van der Waals surface area contributed by atoms with Crippen molar-refractivity contribution in [3.63, 3.8) is 0 Å². The van der Waals surface area contributed by atoms with E-state index in [1.807, 2.05) is 0 Å².